The fraction of sp³-hybridized carbons (Fsp3) is 0.217. The Bertz CT molecular complexity index is 1320. The average Bonchev–Trinajstić information content (AvgIpc) is 3.41. The minimum absolute atomic E-state index is 0.0428. The molecule has 4 aromatic rings. The lowest BCUT2D eigenvalue weighted by Gasteiger charge is -2.22. The molecular weight excluding hydrogens is 414 g/mol. The maximum Gasteiger partial charge on any atom is 0.297 e. The summed E-state index contributed by atoms with van der Waals surface area (Å²) in [6.07, 6.45) is 1.98. The quantitative estimate of drug-likeness (QED) is 0.414. The van der Waals surface area contributed by atoms with Crippen LogP contribution in [0.25, 0.3) is 11.0 Å². The highest BCUT2D eigenvalue weighted by Crippen LogP contribution is 2.42. The Labute approximate surface area is 181 Å². The Hall–Kier alpha value is -3.52. The average molecular weight is 433 g/mol. The van der Waals surface area contributed by atoms with Gasteiger partial charge in [-0.3, -0.25) is 14.5 Å². The van der Waals surface area contributed by atoms with Crippen LogP contribution in [0.1, 0.15) is 47.5 Å². The topological polar surface area (TPSA) is 85.5 Å². The van der Waals surface area contributed by atoms with Crippen LogP contribution in [0.5, 0.6) is 5.75 Å². The van der Waals surface area contributed by atoms with Crippen molar-refractivity contribution in [2.75, 3.05) is 11.5 Å². The number of nitrogens with zero attached hydrogens (tertiary/aromatic N) is 3. The second kappa shape index (κ2) is 7.96. The number of unbranched alkanes of at least 4 members (excludes halogenated alkanes) is 1. The minimum atomic E-state index is -0.675. The van der Waals surface area contributed by atoms with Gasteiger partial charge in [-0.25, -0.2) is 0 Å². The third kappa shape index (κ3) is 3.29. The van der Waals surface area contributed by atoms with Crippen molar-refractivity contribution >= 4 is 33.3 Å². The van der Waals surface area contributed by atoms with Gasteiger partial charge in [0.25, 0.3) is 5.91 Å². The molecule has 1 aliphatic heterocycles. The zero-order valence-corrected chi connectivity index (χ0v) is 17.6. The molecule has 0 N–H and O–H groups in total. The Morgan fingerprint density at radius 2 is 2.03 bits per heavy atom. The van der Waals surface area contributed by atoms with Gasteiger partial charge >= 0.3 is 0 Å². The highest BCUT2D eigenvalue weighted by atomic mass is 32.1. The Morgan fingerprint density at radius 1 is 1.16 bits per heavy atom. The molecule has 0 saturated carbocycles. The van der Waals surface area contributed by atoms with Crippen molar-refractivity contribution in [3.8, 4) is 5.75 Å². The fourth-order valence-corrected chi connectivity index (χ4v) is 4.40. The molecule has 1 atom stereocenters. The van der Waals surface area contributed by atoms with E-state index < -0.39 is 11.9 Å². The van der Waals surface area contributed by atoms with Crippen LogP contribution < -0.4 is 15.1 Å². The summed E-state index contributed by atoms with van der Waals surface area (Å²) >= 11 is 1.23. The van der Waals surface area contributed by atoms with Crippen LogP contribution in [-0.2, 0) is 0 Å². The maximum atomic E-state index is 13.5. The van der Waals surface area contributed by atoms with E-state index >= 15 is 0 Å². The van der Waals surface area contributed by atoms with Gasteiger partial charge in [0, 0.05) is 0 Å². The van der Waals surface area contributed by atoms with E-state index in [9.17, 15) is 9.59 Å². The third-order valence-corrected chi connectivity index (χ3v) is 5.96. The molecule has 0 fully saturated rings. The molecule has 3 heterocycles. The first-order valence-corrected chi connectivity index (χ1v) is 10.9. The predicted octanol–water partition coefficient (Wildman–Crippen LogP) is 4.57. The minimum Gasteiger partial charge on any atom is -0.494 e. The van der Waals surface area contributed by atoms with E-state index in [0.29, 0.717) is 34.0 Å². The SMILES string of the molecule is CCCCOc1cccc(C2c3c(oc4ccccc4c3=O)C(=O)N2c2nncs2)c1. The molecule has 8 heteroatoms. The number of anilines is 1. The Balaban J connectivity index is 1.69. The first-order valence-electron chi connectivity index (χ1n) is 10.1. The number of benzene rings is 2. The molecule has 2 aromatic heterocycles. The zero-order chi connectivity index (χ0) is 21.4. The maximum absolute atomic E-state index is 13.5. The van der Waals surface area contributed by atoms with Crippen LogP contribution in [-0.4, -0.2) is 22.7 Å². The molecule has 1 unspecified atom stereocenters. The van der Waals surface area contributed by atoms with Gasteiger partial charge in [-0.1, -0.05) is 48.9 Å². The van der Waals surface area contributed by atoms with E-state index in [1.165, 1.54) is 16.2 Å². The third-order valence-electron chi connectivity index (χ3n) is 5.27. The summed E-state index contributed by atoms with van der Waals surface area (Å²) in [5.41, 5.74) is 2.77. The molecule has 1 amide bonds. The number of rotatable bonds is 6. The molecule has 0 spiro atoms. The van der Waals surface area contributed by atoms with Gasteiger partial charge in [-0.15, -0.1) is 10.2 Å². The van der Waals surface area contributed by atoms with Gasteiger partial charge in [0.2, 0.25) is 10.9 Å². The van der Waals surface area contributed by atoms with E-state index in [1.807, 2.05) is 24.3 Å². The van der Waals surface area contributed by atoms with Crippen molar-refractivity contribution in [2.24, 2.45) is 0 Å². The number of carbonyl (C=O) groups excluding carboxylic acids is 1. The number of aromatic nitrogens is 2. The lowest BCUT2D eigenvalue weighted by molar-refractivity contribution is 0.0970. The molecule has 0 bridgehead atoms. The van der Waals surface area contributed by atoms with Crippen LogP contribution in [0.3, 0.4) is 0 Å². The van der Waals surface area contributed by atoms with Crippen molar-refractivity contribution < 1.29 is 13.9 Å². The second-order valence-corrected chi connectivity index (χ2v) is 8.06. The van der Waals surface area contributed by atoms with E-state index in [0.717, 1.165) is 18.4 Å². The number of ether oxygens (including phenoxy) is 1. The van der Waals surface area contributed by atoms with E-state index in [2.05, 4.69) is 17.1 Å². The van der Waals surface area contributed by atoms with Crippen LogP contribution in [0, 0.1) is 0 Å². The van der Waals surface area contributed by atoms with Crippen LogP contribution >= 0.6 is 11.3 Å². The summed E-state index contributed by atoms with van der Waals surface area (Å²) in [5.74, 6) is 0.326. The normalized spacial score (nSPS) is 15.5. The van der Waals surface area contributed by atoms with Crippen molar-refractivity contribution in [1.29, 1.82) is 0 Å². The van der Waals surface area contributed by atoms with Crippen molar-refractivity contribution in [1.82, 2.24) is 10.2 Å². The lowest BCUT2D eigenvalue weighted by atomic mass is 9.98. The Morgan fingerprint density at radius 3 is 2.84 bits per heavy atom. The summed E-state index contributed by atoms with van der Waals surface area (Å²) in [5, 5.41) is 8.81. The van der Waals surface area contributed by atoms with Crippen LogP contribution in [0.15, 0.2) is 63.3 Å². The monoisotopic (exact) mass is 433 g/mol. The van der Waals surface area contributed by atoms with Crippen molar-refractivity contribution in [3.05, 3.63) is 81.2 Å². The van der Waals surface area contributed by atoms with Gasteiger partial charge in [0.15, 0.2) is 5.43 Å². The van der Waals surface area contributed by atoms with Gasteiger partial charge in [-0.05, 0) is 36.2 Å². The number of hydrogen-bond donors (Lipinski definition) is 0. The summed E-state index contributed by atoms with van der Waals surface area (Å²) in [6.45, 7) is 2.71. The largest absolute Gasteiger partial charge is 0.494 e. The molecule has 5 rings (SSSR count). The van der Waals surface area contributed by atoms with Crippen LogP contribution in [0.2, 0.25) is 0 Å². The van der Waals surface area contributed by atoms with Crippen molar-refractivity contribution in [2.45, 2.75) is 25.8 Å². The molecule has 2 aromatic carbocycles. The molecule has 0 saturated heterocycles. The van der Waals surface area contributed by atoms with E-state index in [1.54, 1.807) is 29.8 Å². The first kappa shape index (κ1) is 19.4. The van der Waals surface area contributed by atoms with E-state index in [-0.39, 0.29) is 11.2 Å². The fourth-order valence-electron chi connectivity index (χ4n) is 3.81. The summed E-state index contributed by atoms with van der Waals surface area (Å²) in [7, 11) is 0. The highest BCUT2D eigenvalue weighted by Gasteiger charge is 2.45. The summed E-state index contributed by atoms with van der Waals surface area (Å²) in [6, 6.07) is 13.8. The second-order valence-electron chi connectivity index (χ2n) is 7.24. The molecule has 31 heavy (non-hydrogen) atoms. The van der Waals surface area contributed by atoms with Crippen LogP contribution in [0.4, 0.5) is 5.13 Å². The van der Waals surface area contributed by atoms with Crippen molar-refractivity contribution in [3.63, 3.8) is 0 Å². The number of hydrogen-bond acceptors (Lipinski definition) is 7. The Kier molecular flexibility index (Phi) is 4.99. The number of para-hydroxylation sites is 1. The molecular formula is C23H19N3O4S. The van der Waals surface area contributed by atoms with Gasteiger partial charge in [-0.2, -0.15) is 0 Å². The number of fused-ring (bicyclic) bond motifs is 2. The standard InChI is InChI=1S/C23H19N3O4S/c1-2-3-11-29-15-8-6-7-14(12-15)19-18-20(27)16-9-4-5-10-17(16)30-21(18)22(28)26(19)23-25-24-13-31-23/h4-10,12-13,19H,2-3,11H2,1H3. The molecule has 1 aliphatic rings. The number of carbonyl (C=O) groups is 1. The zero-order valence-electron chi connectivity index (χ0n) is 16.8. The van der Waals surface area contributed by atoms with Gasteiger partial charge < -0.3 is 9.15 Å². The smallest absolute Gasteiger partial charge is 0.297 e. The van der Waals surface area contributed by atoms with Gasteiger partial charge in [0.1, 0.15) is 16.8 Å². The molecule has 7 nitrogen and oxygen atoms in total. The first-order chi connectivity index (χ1) is 15.2. The number of amides is 1. The molecule has 0 aliphatic carbocycles. The van der Waals surface area contributed by atoms with E-state index in [4.69, 9.17) is 9.15 Å². The lowest BCUT2D eigenvalue weighted by Crippen LogP contribution is -2.29. The molecule has 156 valence electrons. The predicted molar refractivity (Wildman–Crippen MR) is 118 cm³/mol. The summed E-state index contributed by atoms with van der Waals surface area (Å²) < 4.78 is 11.8. The van der Waals surface area contributed by atoms with Gasteiger partial charge in [0.05, 0.1) is 23.6 Å². The molecule has 0 radical (unpaired) electrons. The summed E-state index contributed by atoms with van der Waals surface area (Å²) in [4.78, 5) is 28.3. The highest BCUT2D eigenvalue weighted by molar-refractivity contribution is 7.13.